The van der Waals surface area contributed by atoms with Gasteiger partial charge in [-0.15, -0.1) is 0 Å². The summed E-state index contributed by atoms with van der Waals surface area (Å²) in [6.45, 7) is 2.28. The van der Waals surface area contributed by atoms with Crippen LogP contribution in [0.1, 0.15) is 102 Å². The van der Waals surface area contributed by atoms with Gasteiger partial charge in [0.05, 0.1) is 5.56 Å². The Morgan fingerprint density at radius 1 is 0.789 bits per heavy atom. The smallest absolute Gasteiger partial charge is 0.426 e. The van der Waals surface area contributed by atoms with E-state index in [0.29, 0.717) is 12.1 Å². The zero-order valence-corrected chi connectivity index (χ0v) is 23.2. The van der Waals surface area contributed by atoms with E-state index in [1.54, 1.807) is 12.1 Å². The first-order valence-corrected chi connectivity index (χ1v) is 14.9. The lowest BCUT2D eigenvalue weighted by Crippen LogP contribution is -2.26. The number of halogens is 5. The number of unbranched alkanes of at least 4 members (excludes halogenated alkanes) is 2. The normalized spacial score (nSPS) is 24.4. The quantitative estimate of drug-likeness (QED) is 0.153. The van der Waals surface area contributed by atoms with Gasteiger partial charge in [0.15, 0.2) is 0 Å². The van der Waals surface area contributed by atoms with Gasteiger partial charge >= 0.3 is 6.11 Å². The van der Waals surface area contributed by atoms with E-state index in [0.717, 1.165) is 42.1 Å². The van der Waals surface area contributed by atoms with Gasteiger partial charge in [0, 0.05) is 0 Å². The van der Waals surface area contributed by atoms with Gasteiger partial charge in [-0.2, -0.15) is 8.78 Å². The third-order valence-corrected chi connectivity index (χ3v) is 9.36. The van der Waals surface area contributed by atoms with Crippen LogP contribution in [0.4, 0.5) is 17.6 Å². The van der Waals surface area contributed by atoms with E-state index < -0.39 is 28.3 Å². The maximum atomic E-state index is 14.5. The van der Waals surface area contributed by atoms with Crippen molar-refractivity contribution in [2.75, 3.05) is 0 Å². The molecule has 0 aromatic heterocycles. The molecular formula is C32H41ClF4O. The molecule has 0 amide bonds. The highest BCUT2D eigenvalue weighted by Gasteiger charge is 2.36. The lowest BCUT2D eigenvalue weighted by atomic mass is 9.68. The summed E-state index contributed by atoms with van der Waals surface area (Å²) in [4.78, 5) is 0. The summed E-state index contributed by atoms with van der Waals surface area (Å²) in [5.74, 6) is 0.981. The second-order valence-electron chi connectivity index (χ2n) is 11.6. The van der Waals surface area contributed by atoms with Crippen molar-refractivity contribution in [3.63, 3.8) is 0 Å². The molecule has 0 radical (unpaired) electrons. The summed E-state index contributed by atoms with van der Waals surface area (Å²) in [7, 11) is 0. The van der Waals surface area contributed by atoms with Gasteiger partial charge in [0.25, 0.3) is 0 Å². The Kier molecular flexibility index (Phi) is 10.4. The molecule has 0 bridgehead atoms. The van der Waals surface area contributed by atoms with Crippen LogP contribution < -0.4 is 4.74 Å². The summed E-state index contributed by atoms with van der Waals surface area (Å²) in [5, 5.41) is -0.817. The van der Waals surface area contributed by atoms with Gasteiger partial charge in [0.2, 0.25) is 0 Å². The molecule has 4 rings (SSSR count). The Hall–Kier alpha value is -1.75. The number of rotatable bonds is 11. The van der Waals surface area contributed by atoms with Crippen molar-refractivity contribution in [2.45, 2.75) is 103 Å². The first-order chi connectivity index (χ1) is 18.2. The van der Waals surface area contributed by atoms with Crippen molar-refractivity contribution < 1.29 is 22.3 Å². The fourth-order valence-corrected chi connectivity index (χ4v) is 6.71. The lowest BCUT2D eigenvalue weighted by molar-refractivity contribution is -0.185. The van der Waals surface area contributed by atoms with E-state index >= 15 is 0 Å². The van der Waals surface area contributed by atoms with Crippen molar-refractivity contribution in [3.8, 4) is 5.75 Å². The zero-order chi connectivity index (χ0) is 27.1. The number of ether oxygens (including phenoxy) is 1. The average Bonchev–Trinajstić information content (AvgIpc) is 2.92. The van der Waals surface area contributed by atoms with Gasteiger partial charge in [-0.3, -0.25) is 0 Å². The molecule has 210 valence electrons. The topological polar surface area (TPSA) is 9.23 Å². The van der Waals surface area contributed by atoms with Crippen LogP contribution in [0.25, 0.3) is 0 Å². The monoisotopic (exact) mass is 552 g/mol. The molecule has 2 saturated carbocycles. The molecule has 2 aliphatic carbocycles. The third-order valence-electron chi connectivity index (χ3n) is 9.00. The Morgan fingerprint density at radius 3 is 1.84 bits per heavy atom. The van der Waals surface area contributed by atoms with Gasteiger partial charge in [-0.1, -0.05) is 82.0 Å². The fourth-order valence-electron chi connectivity index (χ4n) is 6.61. The summed E-state index contributed by atoms with van der Waals surface area (Å²) < 4.78 is 61.0. The number of hydrogen-bond acceptors (Lipinski definition) is 1. The summed E-state index contributed by atoms with van der Waals surface area (Å²) in [6.07, 6.45) is 14.7. The molecule has 2 fully saturated rings. The Bertz CT molecular complexity index is 986. The molecule has 2 aromatic carbocycles. The number of benzene rings is 2. The Morgan fingerprint density at radius 2 is 1.32 bits per heavy atom. The lowest BCUT2D eigenvalue weighted by Gasteiger charge is -2.38. The first kappa shape index (κ1) is 29.2. The standard InChI is InChI=1S/C32H41ClF4O/c1-2-3-4-5-22-8-14-25(15-9-22)26-16-10-23(11-17-26)6-7-24-12-18-28(19-13-24)38-32(36,37)27-20-29(34)31(33)30(35)21-27/h12-13,18-23,25-26H,2-11,14-17H2,1H3. The Balaban J connectivity index is 1.18. The van der Waals surface area contributed by atoms with Crippen molar-refractivity contribution in [2.24, 2.45) is 23.7 Å². The molecule has 0 aliphatic heterocycles. The van der Waals surface area contributed by atoms with Crippen molar-refractivity contribution in [1.29, 1.82) is 0 Å². The predicted molar refractivity (Wildman–Crippen MR) is 146 cm³/mol. The highest BCUT2D eigenvalue weighted by atomic mass is 35.5. The van der Waals surface area contributed by atoms with Crippen molar-refractivity contribution >= 4 is 11.6 Å². The molecule has 0 atom stereocenters. The van der Waals surface area contributed by atoms with E-state index in [1.165, 1.54) is 89.2 Å². The average molecular weight is 553 g/mol. The molecule has 0 N–H and O–H groups in total. The fraction of sp³-hybridized carbons (Fsp3) is 0.625. The molecule has 1 nitrogen and oxygen atoms in total. The SMILES string of the molecule is CCCCCC1CCC(C2CCC(CCc3ccc(OC(F)(F)c4cc(F)c(Cl)c(F)c4)cc3)CC2)CC1. The van der Waals surface area contributed by atoms with Crippen LogP contribution in [0.15, 0.2) is 36.4 Å². The molecule has 0 spiro atoms. The highest BCUT2D eigenvalue weighted by Crippen LogP contribution is 2.43. The van der Waals surface area contributed by atoms with Crippen LogP contribution in [0.2, 0.25) is 5.02 Å². The van der Waals surface area contributed by atoms with E-state index in [1.807, 2.05) is 0 Å². The van der Waals surface area contributed by atoms with Crippen LogP contribution in [0, 0.1) is 35.3 Å². The minimum Gasteiger partial charge on any atom is -0.429 e. The Labute approximate surface area is 230 Å². The molecule has 0 heterocycles. The van der Waals surface area contributed by atoms with E-state index in [2.05, 4.69) is 6.92 Å². The third kappa shape index (κ3) is 7.90. The summed E-state index contributed by atoms with van der Waals surface area (Å²) >= 11 is 5.39. The summed E-state index contributed by atoms with van der Waals surface area (Å²) in [5.41, 5.74) is 0.157. The van der Waals surface area contributed by atoms with E-state index in [9.17, 15) is 17.6 Å². The first-order valence-electron chi connectivity index (χ1n) is 14.6. The largest absolute Gasteiger partial charge is 0.429 e. The number of aryl methyl sites for hydroxylation is 1. The van der Waals surface area contributed by atoms with Crippen LogP contribution in [-0.2, 0) is 12.5 Å². The van der Waals surface area contributed by atoms with Crippen LogP contribution in [0.5, 0.6) is 5.75 Å². The van der Waals surface area contributed by atoms with Crippen molar-refractivity contribution in [3.05, 3.63) is 64.2 Å². The second kappa shape index (κ2) is 13.5. The molecular weight excluding hydrogens is 512 g/mol. The van der Waals surface area contributed by atoms with Crippen LogP contribution in [-0.4, -0.2) is 0 Å². The van der Waals surface area contributed by atoms with Crippen molar-refractivity contribution in [1.82, 2.24) is 0 Å². The molecule has 0 unspecified atom stereocenters. The maximum absolute atomic E-state index is 14.5. The predicted octanol–water partition coefficient (Wildman–Crippen LogP) is 10.9. The molecule has 38 heavy (non-hydrogen) atoms. The molecule has 0 saturated heterocycles. The number of alkyl halides is 2. The summed E-state index contributed by atoms with van der Waals surface area (Å²) in [6, 6.07) is 7.54. The van der Waals surface area contributed by atoms with Crippen LogP contribution in [0.3, 0.4) is 0 Å². The maximum Gasteiger partial charge on any atom is 0.426 e. The highest BCUT2D eigenvalue weighted by molar-refractivity contribution is 6.30. The molecule has 2 aliphatic rings. The van der Waals surface area contributed by atoms with Gasteiger partial charge < -0.3 is 4.74 Å². The number of hydrogen-bond donors (Lipinski definition) is 0. The van der Waals surface area contributed by atoms with Gasteiger partial charge in [-0.05, 0) is 92.0 Å². The zero-order valence-electron chi connectivity index (χ0n) is 22.5. The minimum absolute atomic E-state index is 0.0601. The molecule has 6 heteroatoms. The molecule has 2 aromatic rings. The second-order valence-corrected chi connectivity index (χ2v) is 12.0. The van der Waals surface area contributed by atoms with Crippen LogP contribution >= 0.6 is 11.6 Å². The minimum atomic E-state index is -3.89. The van der Waals surface area contributed by atoms with E-state index in [-0.39, 0.29) is 5.75 Å². The van der Waals surface area contributed by atoms with Gasteiger partial charge in [-0.25, -0.2) is 8.78 Å². The van der Waals surface area contributed by atoms with Gasteiger partial charge in [0.1, 0.15) is 22.4 Å². The van der Waals surface area contributed by atoms with E-state index in [4.69, 9.17) is 16.3 Å².